The van der Waals surface area contributed by atoms with E-state index < -0.39 is 4.92 Å². The maximum absolute atomic E-state index is 10.7. The molecule has 104 valence electrons. The predicted octanol–water partition coefficient (Wildman–Crippen LogP) is 0.247. The van der Waals surface area contributed by atoms with Gasteiger partial charge >= 0.3 is 0 Å². The zero-order valence-electron chi connectivity index (χ0n) is 10.7. The van der Waals surface area contributed by atoms with Crippen molar-refractivity contribution in [3.05, 3.63) is 69.0 Å². The molecule has 2 rings (SSSR count). The molecule has 0 unspecified atom stereocenters. The number of halogens is 2. The molecule has 0 saturated heterocycles. The Morgan fingerprint density at radius 3 is 2.65 bits per heavy atom. The van der Waals surface area contributed by atoms with E-state index in [9.17, 15) is 10.1 Å². The van der Waals surface area contributed by atoms with Crippen molar-refractivity contribution in [2.45, 2.75) is 0 Å². The molecule has 0 spiro atoms. The third-order valence-electron chi connectivity index (χ3n) is 2.72. The smallest absolute Gasteiger partial charge is 0.270 e. The molecule has 0 atom stereocenters. The van der Waals surface area contributed by atoms with E-state index in [1.54, 1.807) is 6.08 Å². The van der Waals surface area contributed by atoms with Crippen LogP contribution in [0.25, 0.3) is 12.2 Å². The van der Waals surface area contributed by atoms with E-state index in [-0.39, 0.29) is 29.7 Å². The minimum absolute atomic E-state index is 0. The van der Waals surface area contributed by atoms with Crippen LogP contribution in [-0.2, 0) is 7.05 Å². The molecule has 0 aliphatic rings. The van der Waals surface area contributed by atoms with Crippen molar-refractivity contribution in [2.75, 3.05) is 0 Å². The zero-order valence-corrected chi connectivity index (χ0v) is 13.6. The summed E-state index contributed by atoms with van der Waals surface area (Å²) in [6.07, 6.45) is 5.56. The molecule has 1 aromatic carbocycles. The summed E-state index contributed by atoms with van der Waals surface area (Å²) >= 11 is 6.03. The van der Waals surface area contributed by atoms with Crippen LogP contribution in [0.5, 0.6) is 0 Å². The van der Waals surface area contributed by atoms with Crippen LogP contribution < -0.4 is 28.5 Å². The van der Waals surface area contributed by atoms with Crippen LogP contribution in [0.1, 0.15) is 11.3 Å². The van der Waals surface area contributed by atoms with Crippen LogP contribution in [0.4, 0.5) is 5.69 Å². The summed E-state index contributed by atoms with van der Waals surface area (Å²) < 4.78 is 1.95. The number of aromatic nitrogens is 1. The molecule has 4 nitrogen and oxygen atoms in total. The predicted molar refractivity (Wildman–Crippen MR) is 74.7 cm³/mol. The maximum Gasteiger partial charge on any atom is 0.270 e. The normalized spacial score (nSPS) is 10.3. The Kier molecular flexibility index (Phi) is 6.09. The van der Waals surface area contributed by atoms with E-state index in [2.05, 4.69) is 0 Å². The summed E-state index contributed by atoms with van der Waals surface area (Å²) in [5.74, 6) is 0. The molecule has 0 aliphatic heterocycles. The van der Waals surface area contributed by atoms with Gasteiger partial charge in [-0.3, -0.25) is 10.1 Å². The topological polar surface area (TPSA) is 47.0 Å². The number of benzene rings is 1. The largest absolute Gasteiger partial charge is 1.00 e. The van der Waals surface area contributed by atoms with Crippen molar-refractivity contribution in [2.24, 2.45) is 7.05 Å². The fourth-order valence-electron chi connectivity index (χ4n) is 1.66. The number of rotatable bonds is 3. The van der Waals surface area contributed by atoms with Gasteiger partial charge in [0, 0.05) is 40.9 Å². The molecule has 0 amide bonds. The highest BCUT2D eigenvalue weighted by Gasteiger charge is 2.08. The van der Waals surface area contributed by atoms with Crippen LogP contribution in [0.15, 0.2) is 42.6 Å². The third-order valence-corrected chi connectivity index (χ3v) is 3.06. The second kappa shape index (κ2) is 7.35. The van der Waals surface area contributed by atoms with E-state index in [0.717, 1.165) is 5.69 Å². The van der Waals surface area contributed by atoms with Crippen molar-refractivity contribution in [3.8, 4) is 0 Å². The summed E-state index contributed by atoms with van der Waals surface area (Å²) in [5.41, 5.74) is 1.63. The van der Waals surface area contributed by atoms with Crippen molar-refractivity contribution in [3.63, 3.8) is 0 Å². The first-order valence-corrected chi connectivity index (χ1v) is 6.02. The van der Waals surface area contributed by atoms with E-state index in [4.69, 9.17) is 11.6 Å². The molecule has 0 aliphatic carbocycles. The highest BCUT2D eigenvalue weighted by Crippen LogP contribution is 2.23. The van der Waals surface area contributed by atoms with Crippen molar-refractivity contribution < 1.29 is 33.5 Å². The first-order valence-electron chi connectivity index (χ1n) is 5.64. The lowest BCUT2D eigenvalue weighted by atomic mass is 10.1. The maximum atomic E-state index is 10.7. The number of pyridine rings is 1. The van der Waals surface area contributed by atoms with Gasteiger partial charge in [0.25, 0.3) is 5.69 Å². The minimum atomic E-state index is -0.434. The molecule has 1 heterocycles. The van der Waals surface area contributed by atoms with Crippen molar-refractivity contribution in [1.82, 2.24) is 0 Å². The number of aryl methyl sites for hydroxylation is 1. The van der Waals surface area contributed by atoms with Crippen molar-refractivity contribution in [1.29, 1.82) is 0 Å². The molecular formula is C14H12ClIN2O2. The average Bonchev–Trinajstić information content (AvgIpc) is 2.39. The number of hydrogen-bond donors (Lipinski definition) is 0. The molecule has 0 fully saturated rings. The molecule has 2 aromatic rings. The summed E-state index contributed by atoms with van der Waals surface area (Å²) in [6, 6.07) is 10.2. The van der Waals surface area contributed by atoms with E-state index >= 15 is 0 Å². The SMILES string of the molecule is C[n+]1ccccc1/C=C/c1cc([N+](=O)[O-])ccc1Cl.[I-]. The van der Waals surface area contributed by atoms with Gasteiger partial charge in [-0.15, -0.1) is 0 Å². The van der Waals surface area contributed by atoms with E-state index in [1.807, 2.05) is 42.1 Å². The van der Waals surface area contributed by atoms with Gasteiger partial charge in [-0.2, -0.15) is 0 Å². The standard InChI is InChI=1S/C14H12ClN2O2.HI/c1-16-9-3-2-4-12(16)6-5-11-10-13(17(18)19)7-8-14(11)15;/h2-10H,1H3;1H/q+1;/p-1/b6-5+;. The van der Waals surface area contributed by atoms with E-state index in [0.29, 0.717) is 10.6 Å². The molecular weight excluding hydrogens is 391 g/mol. The van der Waals surface area contributed by atoms with Gasteiger partial charge in [0.1, 0.15) is 7.05 Å². The molecule has 6 heteroatoms. The summed E-state index contributed by atoms with van der Waals surface area (Å²) in [7, 11) is 1.93. The Bertz CT molecular complexity index is 659. The summed E-state index contributed by atoms with van der Waals surface area (Å²) in [6.45, 7) is 0. The molecule has 20 heavy (non-hydrogen) atoms. The van der Waals surface area contributed by atoms with Crippen LogP contribution >= 0.6 is 11.6 Å². The summed E-state index contributed by atoms with van der Waals surface area (Å²) in [5, 5.41) is 11.2. The van der Waals surface area contributed by atoms with Gasteiger partial charge < -0.3 is 24.0 Å². The van der Waals surface area contributed by atoms with Crippen LogP contribution in [0.2, 0.25) is 5.02 Å². The van der Waals surface area contributed by atoms with Gasteiger partial charge in [0.15, 0.2) is 6.20 Å². The third kappa shape index (κ3) is 4.01. The van der Waals surface area contributed by atoms with Gasteiger partial charge in [-0.1, -0.05) is 11.6 Å². The van der Waals surface area contributed by atoms with Gasteiger partial charge in [0.05, 0.1) is 4.92 Å². The second-order valence-corrected chi connectivity index (χ2v) is 4.44. The van der Waals surface area contributed by atoms with Crippen LogP contribution in [0, 0.1) is 10.1 Å². The first-order chi connectivity index (χ1) is 9.08. The first kappa shape index (κ1) is 16.6. The quantitative estimate of drug-likeness (QED) is 0.320. The van der Waals surface area contributed by atoms with Gasteiger partial charge in [-0.05, 0) is 18.2 Å². The number of nitrogens with zero attached hydrogens (tertiary/aromatic N) is 2. The lowest BCUT2D eigenvalue weighted by Gasteiger charge is -1.98. The van der Waals surface area contributed by atoms with Crippen molar-refractivity contribution >= 4 is 29.4 Å². The highest BCUT2D eigenvalue weighted by atomic mass is 127. The molecule has 0 saturated carbocycles. The Labute approximate surface area is 138 Å². The zero-order chi connectivity index (χ0) is 13.8. The summed E-state index contributed by atoms with van der Waals surface area (Å²) in [4.78, 5) is 10.3. The Hall–Kier alpha value is -1.47. The van der Waals surface area contributed by atoms with E-state index in [1.165, 1.54) is 18.2 Å². The highest BCUT2D eigenvalue weighted by molar-refractivity contribution is 6.32. The molecule has 0 bridgehead atoms. The number of nitro benzene ring substituents is 1. The fourth-order valence-corrected chi connectivity index (χ4v) is 1.84. The van der Waals surface area contributed by atoms with Gasteiger partial charge in [-0.25, -0.2) is 4.57 Å². The Balaban J connectivity index is 0.00000200. The van der Waals surface area contributed by atoms with Gasteiger partial charge in [0.2, 0.25) is 5.69 Å². The number of non-ortho nitro benzene ring substituents is 1. The number of hydrogen-bond acceptors (Lipinski definition) is 2. The van der Waals surface area contributed by atoms with Crippen LogP contribution in [0.3, 0.4) is 0 Å². The lowest BCUT2D eigenvalue weighted by Crippen LogP contribution is -3.00. The molecule has 0 radical (unpaired) electrons. The Morgan fingerprint density at radius 2 is 2.00 bits per heavy atom. The average molecular weight is 403 g/mol. The van der Waals surface area contributed by atoms with Crippen LogP contribution in [-0.4, -0.2) is 4.92 Å². The Morgan fingerprint density at radius 1 is 1.25 bits per heavy atom. The number of nitro groups is 1. The minimum Gasteiger partial charge on any atom is -1.00 e. The fraction of sp³-hybridized carbons (Fsp3) is 0.0714. The molecule has 1 aromatic heterocycles. The monoisotopic (exact) mass is 402 g/mol. The second-order valence-electron chi connectivity index (χ2n) is 4.03. The lowest BCUT2D eigenvalue weighted by molar-refractivity contribution is -0.673. The molecule has 0 N–H and O–H groups in total.